The molecule has 0 heterocycles. The number of benzene rings is 1. The molecule has 136 valence electrons. The van der Waals surface area contributed by atoms with Gasteiger partial charge in [0.1, 0.15) is 5.75 Å². The van der Waals surface area contributed by atoms with Crippen LogP contribution in [0.4, 0.5) is 23.7 Å². The molecule has 1 rings (SSSR count). The molecule has 0 aliphatic heterocycles. The number of hydrogen-bond acceptors (Lipinski definition) is 4. The molecule has 2 amide bonds. The molecular formula is C15H21F3N2O4. The molecule has 0 radical (unpaired) electrons. The van der Waals surface area contributed by atoms with E-state index in [0.717, 1.165) is 23.1 Å². The first-order valence-corrected chi connectivity index (χ1v) is 7.22. The number of amides is 2. The van der Waals surface area contributed by atoms with Crippen molar-refractivity contribution in [3.63, 3.8) is 0 Å². The maximum absolute atomic E-state index is 12.8. The van der Waals surface area contributed by atoms with Gasteiger partial charge in [-0.3, -0.25) is 0 Å². The number of carbonyl (C=O) groups is 1. The van der Waals surface area contributed by atoms with Crippen LogP contribution in [0.25, 0.3) is 0 Å². The van der Waals surface area contributed by atoms with Crippen LogP contribution in [0.2, 0.25) is 0 Å². The maximum atomic E-state index is 12.8. The van der Waals surface area contributed by atoms with E-state index in [4.69, 9.17) is 9.47 Å². The minimum Gasteiger partial charge on any atom is -0.492 e. The third kappa shape index (κ3) is 5.89. The predicted molar refractivity (Wildman–Crippen MR) is 82.1 cm³/mol. The summed E-state index contributed by atoms with van der Waals surface area (Å²) >= 11 is 0. The number of hydrogen-bond donors (Lipinski definition) is 2. The molecule has 0 spiro atoms. The van der Waals surface area contributed by atoms with Crippen LogP contribution < -0.4 is 10.1 Å². The zero-order chi connectivity index (χ0) is 18.3. The minimum atomic E-state index is -4.54. The third-order valence-corrected chi connectivity index (χ3v) is 3.04. The molecule has 0 aliphatic rings. The fourth-order valence-electron chi connectivity index (χ4n) is 1.94. The second-order valence-electron chi connectivity index (χ2n) is 5.06. The second-order valence-corrected chi connectivity index (χ2v) is 5.06. The van der Waals surface area contributed by atoms with Gasteiger partial charge in [0.05, 0.1) is 37.1 Å². The fourth-order valence-corrected chi connectivity index (χ4v) is 1.94. The van der Waals surface area contributed by atoms with Crippen LogP contribution in [0.5, 0.6) is 5.75 Å². The van der Waals surface area contributed by atoms with Crippen LogP contribution in [0.1, 0.15) is 12.5 Å². The summed E-state index contributed by atoms with van der Waals surface area (Å²) in [6.07, 6.45) is -5.44. The van der Waals surface area contributed by atoms with Crippen LogP contribution in [0.3, 0.4) is 0 Å². The van der Waals surface area contributed by atoms with E-state index in [-0.39, 0.29) is 31.2 Å². The SMILES string of the molecule is CCOc1ccc(C(F)(F)F)cc1NC(=O)N(C)CC(O)COC. The summed E-state index contributed by atoms with van der Waals surface area (Å²) in [5, 5.41) is 12.0. The Kier molecular flexibility index (Phi) is 7.30. The molecule has 0 saturated carbocycles. The summed E-state index contributed by atoms with van der Waals surface area (Å²) in [5.41, 5.74) is -0.993. The number of nitrogens with one attached hydrogen (secondary N) is 1. The van der Waals surface area contributed by atoms with Gasteiger partial charge in [-0.25, -0.2) is 4.79 Å². The second kappa shape index (κ2) is 8.74. The number of halogens is 3. The van der Waals surface area contributed by atoms with E-state index in [1.165, 1.54) is 14.2 Å². The van der Waals surface area contributed by atoms with Crippen LogP contribution in [0, 0.1) is 0 Å². The lowest BCUT2D eigenvalue weighted by Gasteiger charge is -2.22. The van der Waals surface area contributed by atoms with E-state index in [1.807, 2.05) is 0 Å². The Balaban J connectivity index is 2.92. The van der Waals surface area contributed by atoms with Crippen LogP contribution >= 0.6 is 0 Å². The van der Waals surface area contributed by atoms with Gasteiger partial charge in [0.25, 0.3) is 0 Å². The molecule has 1 atom stereocenters. The van der Waals surface area contributed by atoms with Gasteiger partial charge in [-0.15, -0.1) is 0 Å². The first kappa shape index (κ1) is 20.0. The summed E-state index contributed by atoms with van der Waals surface area (Å²) in [7, 11) is 2.81. The summed E-state index contributed by atoms with van der Waals surface area (Å²) in [4.78, 5) is 13.2. The number of aliphatic hydroxyl groups is 1. The number of carbonyl (C=O) groups excluding carboxylic acids is 1. The van der Waals surface area contributed by atoms with Gasteiger partial charge in [-0.1, -0.05) is 0 Å². The highest BCUT2D eigenvalue weighted by molar-refractivity contribution is 5.91. The average Bonchev–Trinajstić information content (AvgIpc) is 2.48. The van der Waals surface area contributed by atoms with Gasteiger partial charge in [-0.05, 0) is 25.1 Å². The largest absolute Gasteiger partial charge is 0.492 e. The number of anilines is 1. The number of nitrogens with zero attached hydrogens (tertiary/aromatic N) is 1. The first-order valence-electron chi connectivity index (χ1n) is 7.22. The lowest BCUT2D eigenvalue weighted by Crippen LogP contribution is -2.38. The molecule has 1 aromatic rings. The Labute approximate surface area is 138 Å². The van der Waals surface area contributed by atoms with E-state index in [9.17, 15) is 23.1 Å². The minimum absolute atomic E-state index is 0.0331. The standard InChI is InChI=1S/C15H21F3N2O4/c1-4-24-13-6-5-10(15(16,17)18)7-12(13)19-14(22)20(2)8-11(21)9-23-3/h5-7,11,21H,4,8-9H2,1-3H3,(H,19,22). The topological polar surface area (TPSA) is 71.0 Å². The first-order chi connectivity index (χ1) is 11.2. The quantitative estimate of drug-likeness (QED) is 0.793. The van der Waals surface area contributed by atoms with Gasteiger partial charge < -0.3 is 24.8 Å². The van der Waals surface area contributed by atoms with Crippen molar-refractivity contribution in [1.82, 2.24) is 4.90 Å². The summed E-state index contributed by atoms with van der Waals surface area (Å²) in [5.74, 6) is 0.129. The normalized spacial score (nSPS) is 12.6. The Morgan fingerprint density at radius 2 is 2.08 bits per heavy atom. The van der Waals surface area contributed by atoms with Gasteiger partial charge >= 0.3 is 12.2 Å². The number of rotatable bonds is 7. The van der Waals surface area contributed by atoms with Crippen LogP contribution in [-0.4, -0.2) is 56.1 Å². The van der Waals surface area contributed by atoms with Crippen LogP contribution in [0.15, 0.2) is 18.2 Å². The number of likely N-dealkylation sites (N-methyl/N-ethyl adjacent to an activating group) is 1. The van der Waals surface area contributed by atoms with E-state index in [0.29, 0.717) is 0 Å². The number of methoxy groups -OCH3 is 1. The van der Waals surface area contributed by atoms with Gasteiger partial charge in [0, 0.05) is 14.2 Å². The molecule has 0 saturated heterocycles. The summed E-state index contributed by atoms with van der Waals surface area (Å²) < 4.78 is 48.5. The Bertz CT molecular complexity index is 552. The molecule has 24 heavy (non-hydrogen) atoms. The highest BCUT2D eigenvalue weighted by Gasteiger charge is 2.31. The van der Waals surface area contributed by atoms with E-state index >= 15 is 0 Å². The Morgan fingerprint density at radius 1 is 1.42 bits per heavy atom. The molecule has 2 N–H and O–H groups in total. The molecule has 0 aliphatic carbocycles. The molecule has 9 heteroatoms. The summed E-state index contributed by atoms with van der Waals surface area (Å²) in [6, 6.07) is 2.17. The van der Waals surface area contributed by atoms with Crippen molar-refractivity contribution in [3.05, 3.63) is 23.8 Å². The highest BCUT2D eigenvalue weighted by Crippen LogP contribution is 2.35. The molecule has 0 fully saturated rings. The van der Waals surface area contributed by atoms with Crippen molar-refractivity contribution in [2.24, 2.45) is 0 Å². The van der Waals surface area contributed by atoms with Crippen molar-refractivity contribution in [1.29, 1.82) is 0 Å². The zero-order valence-corrected chi connectivity index (χ0v) is 13.7. The van der Waals surface area contributed by atoms with Gasteiger partial charge in [0.15, 0.2) is 0 Å². The molecule has 1 aromatic carbocycles. The van der Waals surface area contributed by atoms with Crippen molar-refractivity contribution in [3.8, 4) is 5.75 Å². The smallest absolute Gasteiger partial charge is 0.416 e. The van der Waals surface area contributed by atoms with Crippen molar-refractivity contribution >= 4 is 11.7 Å². The van der Waals surface area contributed by atoms with Gasteiger partial charge in [-0.2, -0.15) is 13.2 Å². The molecule has 0 bridgehead atoms. The van der Waals surface area contributed by atoms with Crippen LogP contribution in [-0.2, 0) is 10.9 Å². The third-order valence-electron chi connectivity index (χ3n) is 3.04. The Morgan fingerprint density at radius 3 is 2.62 bits per heavy atom. The highest BCUT2D eigenvalue weighted by atomic mass is 19.4. The molecule has 1 unspecified atom stereocenters. The molecule has 0 aromatic heterocycles. The number of ether oxygens (including phenoxy) is 2. The monoisotopic (exact) mass is 350 g/mol. The molecular weight excluding hydrogens is 329 g/mol. The number of urea groups is 1. The van der Waals surface area contributed by atoms with Crippen molar-refractivity contribution < 1.29 is 32.5 Å². The number of alkyl halides is 3. The van der Waals surface area contributed by atoms with E-state index in [2.05, 4.69) is 5.32 Å². The Hall–Kier alpha value is -2.00. The maximum Gasteiger partial charge on any atom is 0.416 e. The average molecular weight is 350 g/mol. The zero-order valence-electron chi connectivity index (χ0n) is 13.7. The fraction of sp³-hybridized carbons (Fsp3) is 0.533. The summed E-state index contributed by atoms with van der Waals surface area (Å²) in [6.45, 7) is 1.90. The lowest BCUT2D eigenvalue weighted by molar-refractivity contribution is -0.137. The lowest BCUT2D eigenvalue weighted by atomic mass is 10.2. The number of aliphatic hydroxyl groups excluding tert-OH is 1. The van der Waals surface area contributed by atoms with E-state index < -0.39 is 23.9 Å². The van der Waals surface area contributed by atoms with Crippen molar-refractivity contribution in [2.75, 3.05) is 39.2 Å². The van der Waals surface area contributed by atoms with Gasteiger partial charge in [0.2, 0.25) is 0 Å². The predicted octanol–water partition coefficient (Wildman–Crippen LogP) is 2.58. The van der Waals surface area contributed by atoms with Crippen molar-refractivity contribution in [2.45, 2.75) is 19.2 Å². The molecule has 6 nitrogen and oxygen atoms in total. The van der Waals surface area contributed by atoms with E-state index in [1.54, 1.807) is 6.92 Å².